The van der Waals surface area contributed by atoms with Gasteiger partial charge < -0.3 is 10.2 Å². The zero-order chi connectivity index (χ0) is 12.3. The van der Waals surface area contributed by atoms with E-state index in [0.29, 0.717) is 12.6 Å². The van der Waals surface area contributed by atoms with Gasteiger partial charge in [-0.1, -0.05) is 6.07 Å². The van der Waals surface area contributed by atoms with Crippen molar-refractivity contribution in [1.82, 2.24) is 10.2 Å². The van der Waals surface area contributed by atoms with Crippen LogP contribution in [-0.2, 0) is 6.54 Å². The zero-order valence-corrected chi connectivity index (χ0v) is 10.0. The van der Waals surface area contributed by atoms with Crippen molar-refractivity contribution >= 4 is 0 Å². The summed E-state index contributed by atoms with van der Waals surface area (Å²) in [5.41, 5.74) is 0.789. The largest absolute Gasteiger partial charge is 0.309 e. The maximum Gasteiger partial charge on any atom is 0.159 e. The van der Waals surface area contributed by atoms with E-state index in [2.05, 4.69) is 17.3 Å². The molecule has 0 saturated carbocycles. The topological polar surface area (TPSA) is 15.3 Å². The van der Waals surface area contributed by atoms with Gasteiger partial charge in [-0.15, -0.1) is 0 Å². The third-order valence-corrected chi connectivity index (χ3v) is 3.20. The lowest BCUT2D eigenvalue weighted by molar-refractivity contribution is 0.226. The molecule has 0 bridgehead atoms. The lowest BCUT2D eigenvalue weighted by Crippen LogP contribution is -2.43. The summed E-state index contributed by atoms with van der Waals surface area (Å²) in [6.45, 7) is 2.75. The van der Waals surface area contributed by atoms with E-state index in [1.54, 1.807) is 6.07 Å². The molecule has 1 fully saturated rings. The standard InChI is InChI=1S/C13H18F2N2/c1-17-6-2-3-11(9-17)16-8-10-4-5-12(14)13(15)7-10/h4-5,7,11,16H,2-3,6,8-9H2,1H3. The minimum atomic E-state index is -0.786. The predicted molar refractivity (Wildman–Crippen MR) is 63.7 cm³/mol. The van der Waals surface area contributed by atoms with Gasteiger partial charge in [-0.2, -0.15) is 0 Å². The van der Waals surface area contributed by atoms with E-state index < -0.39 is 11.6 Å². The number of likely N-dealkylation sites (N-methyl/N-ethyl adjacent to an activating group) is 1. The second-order valence-corrected chi connectivity index (χ2v) is 4.73. The first-order valence-electron chi connectivity index (χ1n) is 6.01. The van der Waals surface area contributed by atoms with Gasteiger partial charge >= 0.3 is 0 Å². The highest BCUT2D eigenvalue weighted by Gasteiger charge is 2.16. The lowest BCUT2D eigenvalue weighted by atomic mass is 10.1. The molecule has 1 aromatic rings. The number of nitrogens with one attached hydrogen (secondary N) is 1. The molecule has 1 saturated heterocycles. The Labute approximate surface area is 101 Å². The summed E-state index contributed by atoms with van der Waals surface area (Å²) in [6.07, 6.45) is 2.33. The van der Waals surface area contributed by atoms with Crippen molar-refractivity contribution in [3.63, 3.8) is 0 Å². The molecule has 1 N–H and O–H groups in total. The van der Waals surface area contributed by atoms with Crippen LogP contribution in [0.2, 0.25) is 0 Å². The fourth-order valence-corrected chi connectivity index (χ4v) is 2.24. The molecule has 2 nitrogen and oxygen atoms in total. The highest BCUT2D eigenvalue weighted by atomic mass is 19.2. The van der Waals surface area contributed by atoms with Crippen molar-refractivity contribution in [2.24, 2.45) is 0 Å². The van der Waals surface area contributed by atoms with Gasteiger partial charge in [0, 0.05) is 19.1 Å². The fourth-order valence-electron chi connectivity index (χ4n) is 2.24. The van der Waals surface area contributed by atoms with Gasteiger partial charge in [-0.25, -0.2) is 8.78 Å². The Hall–Kier alpha value is -1.00. The number of rotatable bonds is 3. The Morgan fingerprint density at radius 3 is 2.88 bits per heavy atom. The van der Waals surface area contributed by atoms with Crippen LogP contribution in [0.3, 0.4) is 0 Å². The van der Waals surface area contributed by atoms with Gasteiger partial charge in [-0.3, -0.25) is 0 Å². The van der Waals surface area contributed by atoms with E-state index in [4.69, 9.17) is 0 Å². The van der Waals surface area contributed by atoms with E-state index in [1.807, 2.05) is 0 Å². The Morgan fingerprint density at radius 1 is 1.35 bits per heavy atom. The smallest absolute Gasteiger partial charge is 0.159 e. The quantitative estimate of drug-likeness (QED) is 0.871. The number of nitrogens with zero attached hydrogens (tertiary/aromatic N) is 1. The molecular weight excluding hydrogens is 222 g/mol. The molecule has 94 valence electrons. The average molecular weight is 240 g/mol. The second-order valence-electron chi connectivity index (χ2n) is 4.73. The van der Waals surface area contributed by atoms with Crippen LogP contribution in [0.4, 0.5) is 8.78 Å². The molecule has 0 aromatic heterocycles. The second kappa shape index (κ2) is 5.56. The summed E-state index contributed by atoms with van der Waals surface area (Å²) in [5, 5.41) is 3.38. The summed E-state index contributed by atoms with van der Waals surface area (Å²) in [5.74, 6) is -1.56. The molecule has 0 aliphatic carbocycles. The Balaban J connectivity index is 1.86. The van der Waals surface area contributed by atoms with Gasteiger partial charge in [0.1, 0.15) is 0 Å². The molecule has 1 aliphatic rings. The highest BCUT2D eigenvalue weighted by molar-refractivity contribution is 5.17. The number of halogens is 2. The molecule has 0 radical (unpaired) electrons. The Bertz CT molecular complexity index is 382. The molecule has 2 rings (SSSR count). The molecule has 17 heavy (non-hydrogen) atoms. The van der Waals surface area contributed by atoms with Crippen LogP contribution in [0.1, 0.15) is 18.4 Å². The van der Waals surface area contributed by atoms with Crippen molar-refractivity contribution in [2.45, 2.75) is 25.4 Å². The molecule has 1 heterocycles. The van der Waals surface area contributed by atoms with Gasteiger partial charge in [0.05, 0.1) is 0 Å². The van der Waals surface area contributed by atoms with Crippen molar-refractivity contribution in [3.05, 3.63) is 35.4 Å². The minimum Gasteiger partial charge on any atom is -0.309 e. The summed E-state index contributed by atoms with van der Waals surface area (Å²) < 4.78 is 25.7. The van der Waals surface area contributed by atoms with Gasteiger partial charge in [-0.05, 0) is 44.1 Å². The number of hydrogen-bond donors (Lipinski definition) is 1. The van der Waals surface area contributed by atoms with Crippen molar-refractivity contribution in [1.29, 1.82) is 0 Å². The van der Waals surface area contributed by atoms with E-state index in [0.717, 1.165) is 25.1 Å². The summed E-state index contributed by atoms with van der Waals surface area (Å²) >= 11 is 0. The highest BCUT2D eigenvalue weighted by Crippen LogP contribution is 2.11. The first-order chi connectivity index (χ1) is 8.15. The molecule has 0 amide bonds. The summed E-state index contributed by atoms with van der Waals surface area (Å²) in [6, 6.07) is 4.51. The van der Waals surface area contributed by atoms with Crippen LogP contribution >= 0.6 is 0 Å². The van der Waals surface area contributed by atoms with Crippen LogP contribution in [0, 0.1) is 11.6 Å². The molecule has 1 aliphatic heterocycles. The van der Waals surface area contributed by atoms with Gasteiger partial charge in [0.15, 0.2) is 11.6 Å². The molecule has 0 spiro atoms. The van der Waals surface area contributed by atoms with Crippen molar-refractivity contribution in [2.75, 3.05) is 20.1 Å². The predicted octanol–water partition coefficient (Wildman–Crippen LogP) is 2.15. The number of piperidine rings is 1. The first kappa shape index (κ1) is 12.5. The molecule has 1 atom stereocenters. The maximum absolute atomic E-state index is 13.0. The monoisotopic (exact) mass is 240 g/mol. The lowest BCUT2D eigenvalue weighted by Gasteiger charge is -2.30. The van der Waals surface area contributed by atoms with Crippen LogP contribution in [-0.4, -0.2) is 31.1 Å². The molecule has 1 aromatic carbocycles. The van der Waals surface area contributed by atoms with E-state index >= 15 is 0 Å². The minimum absolute atomic E-state index is 0.446. The Morgan fingerprint density at radius 2 is 2.18 bits per heavy atom. The number of benzene rings is 1. The van der Waals surface area contributed by atoms with Gasteiger partial charge in [0.25, 0.3) is 0 Å². The van der Waals surface area contributed by atoms with Crippen LogP contribution in [0.15, 0.2) is 18.2 Å². The van der Waals surface area contributed by atoms with Gasteiger partial charge in [0.2, 0.25) is 0 Å². The summed E-state index contributed by atoms with van der Waals surface area (Å²) in [4.78, 5) is 2.28. The third-order valence-electron chi connectivity index (χ3n) is 3.20. The average Bonchev–Trinajstić information content (AvgIpc) is 2.31. The number of hydrogen-bond acceptors (Lipinski definition) is 2. The Kier molecular flexibility index (Phi) is 4.07. The SMILES string of the molecule is CN1CCCC(NCc2ccc(F)c(F)c2)C1. The molecule has 1 unspecified atom stereocenters. The first-order valence-corrected chi connectivity index (χ1v) is 6.01. The summed E-state index contributed by atoms with van der Waals surface area (Å²) in [7, 11) is 2.10. The van der Waals surface area contributed by atoms with Crippen LogP contribution in [0.25, 0.3) is 0 Å². The fraction of sp³-hybridized carbons (Fsp3) is 0.538. The van der Waals surface area contributed by atoms with Crippen LogP contribution < -0.4 is 5.32 Å². The number of likely N-dealkylation sites (tertiary alicyclic amines) is 1. The van der Waals surface area contributed by atoms with Crippen molar-refractivity contribution < 1.29 is 8.78 Å². The van der Waals surface area contributed by atoms with E-state index in [9.17, 15) is 8.78 Å². The normalized spacial score (nSPS) is 21.7. The third kappa shape index (κ3) is 3.48. The van der Waals surface area contributed by atoms with Crippen molar-refractivity contribution in [3.8, 4) is 0 Å². The van der Waals surface area contributed by atoms with E-state index in [1.165, 1.54) is 18.6 Å². The maximum atomic E-state index is 13.0. The molecular formula is C13H18F2N2. The molecule has 4 heteroatoms. The van der Waals surface area contributed by atoms with E-state index in [-0.39, 0.29) is 0 Å². The van der Waals surface area contributed by atoms with Crippen LogP contribution in [0.5, 0.6) is 0 Å². The zero-order valence-electron chi connectivity index (χ0n) is 10.0.